The van der Waals surface area contributed by atoms with Crippen LogP contribution in [-0.4, -0.2) is 26.6 Å². The molecule has 0 N–H and O–H groups in total. The van der Waals surface area contributed by atoms with E-state index in [0.717, 1.165) is 23.3 Å². The molecule has 0 aromatic heterocycles. The number of carbonyl (C=O) groups excluding carboxylic acids is 1. The Hall–Kier alpha value is -3.01. The molecule has 0 spiro atoms. The molecule has 0 atom stereocenters. The minimum Gasteiger partial charge on any atom is -0.497 e. The van der Waals surface area contributed by atoms with E-state index in [1.807, 2.05) is 24.3 Å². The van der Waals surface area contributed by atoms with E-state index in [9.17, 15) is 4.79 Å². The molecule has 0 unspecified atom stereocenters. The minimum atomic E-state index is -0.0802. The molecule has 27 heavy (non-hydrogen) atoms. The van der Waals surface area contributed by atoms with E-state index in [4.69, 9.17) is 14.2 Å². The quantitative estimate of drug-likeness (QED) is 0.333. The third kappa shape index (κ3) is 5.48. The first-order chi connectivity index (χ1) is 13.1. The molecule has 0 aliphatic rings. The lowest BCUT2D eigenvalue weighted by Crippen LogP contribution is -1.98. The second kappa shape index (κ2) is 10.2. The second-order valence-electron chi connectivity index (χ2n) is 5.96. The molecule has 2 aromatic carbocycles. The average Bonchev–Trinajstić information content (AvgIpc) is 2.71. The summed E-state index contributed by atoms with van der Waals surface area (Å²) >= 11 is 0. The number of ether oxygens (including phenoxy) is 3. The zero-order chi connectivity index (χ0) is 19.6. The summed E-state index contributed by atoms with van der Waals surface area (Å²) in [5.74, 6) is 2.06. The Morgan fingerprint density at radius 2 is 1.81 bits per heavy atom. The highest BCUT2D eigenvalue weighted by Gasteiger charge is 2.10. The van der Waals surface area contributed by atoms with Crippen molar-refractivity contribution in [3.8, 4) is 17.2 Å². The standard InChI is InChI=1S/C23H26O4/c1-5-7-21-18(15-20(25-3)16-23(21)26-4)10-13-22(24)17-8-11-19(12-9-17)27-14-6-2/h5,8-13,15-16H,1,6-7,14H2,2-4H3. The van der Waals surface area contributed by atoms with Crippen molar-refractivity contribution in [2.24, 2.45) is 0 Å². The Morgan fingerprint density at radius 1 is 1.07 bits per heavy atom. The number of benzene rings is 2. The van der Waals surface area contributed by atoms with Gasteiger partial charge < -0.3 is 14.2 Å². The number of ketones is 1. The summed E-state index contributed by atoms with van der Waals surface area (Å²) in [6.07, 6.45) is 6.72. The molecule has 0 aliphatic carbocycles. The maximum absolute atomic E-state index is 12.5. The van der Waals surface area contributed by atoms with E-state index in [2.05, 4.69) is 13.5 Å². The highest BCUT2D eigenvalue weighted by Crippen LogP contribution is 2.30. The third-order valence-electron chi connectivity index (χ3n) is 4.05. The SMILES string of the molecule is C=CCc1c(C=CC(=O)c2ccc(OCCC)cc2)cc(OC)cc1OC. The van der Waals surface area contributed by atoms with Gasteiger partial charge in [0, 0.05) is 17.2 Å². The maximum atomic E-state index is 12.5. The maximum Gasteiger partial charge on any atom is 0.185 e. The Morgan fingerprint density at radius 3 is 2.41 bits per heavy atom. The summed E-state index contributed by atoms with van der Waals surface area (Å²) in [7, 11) is 3.21. The van der Waals surface area contributed by atoms with Crippen LogP contribution in [0.5, 0.6) is 17.2 Å². The summed E-state index contributed by atoms with van der Waals surface area (Å²) in [6, 6.07) is 10.9. The highest BCUT2D eigenvalue weighted by molar-refractivity contribution is 6.07. The molecule has 2 aromatic rings. The molecule has 0 aliphatic heterocycles. The van der Waals surface area contributed by atoms with Crippen LogP contribution in [0.1, 0.15) is 34.8 Å². The molecule has 0 fully saturated rings. The van der Waals surface area contributed by atoms with Crippen LogP contribution in [0.4, 0.5) is 0 Å². The van der Waals surface area contributed by atoms with Gasteiger partial charge in [-0.1, -0.05) is 19.1 Å². The molecule has 0 radical (unpaired) electrons. The van der Waals surface area contributed by atoms with Gasteiger partial charge in [-0.25, -0.2) is 0 Å². The van der Waals surface area contributed by atoms with Gasteiger partial charge in [-0.2, -0.15) is 0 Å². The zero-order valence-electron chi connectivity index (χ0n) is 16.2. The van der Waals surface area contributed by atoms with Crippen molar-refractivity contribution >= 4 is 11.9 Å². The Balaban J connectivity index is 2.25. The lowest BCUT2D eigenvalue weighted by atomic mass is 10.0. The molecule has 142 valence electrons. The summed E-state index contributed by atoms with van der Waals surface area (Å²) in [4.78, 5) is 12.5. The molecule has 0 saturated heterocycles. The van der Waals surface area contributed by atoms with Crippen molar-refractivity contribution in [2.45, 2.75) is 19.8 Å². The van der Waals surface area contributed by atoms with Crippen LogP contribution < -0.4 is 14.2 Å². The van der Waals surface area contributed by atoms with E-state index >= 15 is 0 Å². The Labute approximate surface area is 161 Å². The van der Waals surface area contributed by atoms with Gasteiger partial charge in [-0.05, 0) is 54.8 Å². The van der Waals surface area contributed by atoms with E-state index in [1.54, 1.807) is 44.6 Å². The first-order valence-corrected chi connectivity index (χ1v) is 8.94. The molecule has 0 bridgehead atoms. The fourth-order valence-electron chi connectivity index (χ4n) is 2.65. The molecule has 2 rings (SSSR count). The van der Waals surface area contributed by atoms with Gasteiger partial charge in [0.1, 0.15) is 17.2 Å². The molecule has 0 amide bonds. The second-order valence-corrected chi connectivity index (χ2v) is 5.96. The van der Waals surface area contributed by atoms with Crippen molar-refractivity contribution in [3.05, 3.63) is 71.8 Å². The van der Waals surface area contributed by atoms with Gasteiger partial charge in [-0.15, -0.1) is 6.58 Å². The fraction of sp³-hybridized carbons (Fsp3) is 0.261. The summed E-state index contributed by atoms with van der Waals surface area (Å²) in [6.45, 7) is 6.51. The fourth-order valence-corrected chi connectivity index (χ4v) is 2.65. The van der Waals surface area contributed by atoms with Gasteiger partial charge in [0.05, 0.1) is 20.8 Å². The van der Waals surface area contributed by atoms with Crippen molar-refractivity contribution in [3.63, 3.8) is 0 Å². The molecule has 0 heterocycles. The third-order valence-corrected chi connectivity index (χ3v) is 4.05. The number of hydrogen-bond donors (Lipinski definition) is 0. The van der Waals surface area contributed by atoms with Crippen molar-refractivity contribution in [1.29, 1.82) is 0 Å². The average molecular weight is 366 g/mol. The van der Waals surface area contributed by atoms with Crippen LogP contribution >= 0.6 is 0 Å². The zero-order valence-corrected chi connectivity index (χ0v) is 16.2. The predicted octanol–water partition coefficient (Wildman–Crippen LogP) is 5.12. The number of methoxy groups -OCH3 is 2. The largest absolute Gasteiger partial charge is 0.497 e. The number of carbonyl (C=O) groups is 1. The van der Waals surface area contributed by atoms with Crippen LogP contribution in [0.2, 0.25) is 0 Å². The smallest absolute Gasteiger partial charge is 0.185 e. The van der Waals surface area contributed by atoms with Gasteiger partial charge in [0.15, 0.2) is 5.78 Å². The molecular weight excluding hydrogens is 340 g/mol. The van der Waals surface area contributed by atoms with E-state index in [-0.39, 0.29) is 5.78 Å². The van der Waals surface area contributed by atoms with Crippen LogP contribution in [0.3, 0.4) is 0 Å². The van der Waals surface area contributed by atoms with Gasteiger partial charge in [0.25, 0.3) is 0 Å². The lowest BCUT2D eigenvalue weighted by Gasteiger charge is -2.13. The van der Waals surface area contributed by atoms with Crippen molar-refractivity contribution in [2.75, 3.05) is 20.8 Å². The first-order valence-electron chi connectivity index (χ1n) is 8.94. The van der Waals surface area contributed by atoms with Crippen molar-refractivity contribution < 1.29 is 19.0 Å². The Bertz CT molecular complexity index is 804. The molecule has 4 nitrogen and oxygen atoms in total. The first kappa shape index (κ1) is 20.3. The monoisotopic (exact) mass is 366 g/mol. The molecule has 0 saturated carbocycles. The highest BCUT2D eigenvalue weighted by atomic mass is 16.5. The van der Waals surface area contributed by atoms with Gasteiger partial charge in [-0.3, -0.25) is 4.79 Å². The predicted molar refractivity (Wildman–Crippen MR) is 109 cm³/mol. The van der Waals surface area contributed by atoms with Gasteiger partial charge in [0.2, 0.25) is 0 Å². The topological polar surface area (TPSA) is 44.8 Å². The minimum absolute atomic E-state index is 0.0802. The van der Waals surface area contributed by atoms with Crippen LogP contribution in [0, 0.1) is 0 Å². The van der Waals surface area contributed by atoms with Crippen LogP contribution in [0.15, 0.2) is 55.1 Å². The number of allylic oxidation sites excluding steroid dienone is 2. The Kier molecular flexibility index (Phi) is 7.68. The lowest BCUT2D eigenvalue weighted by molar-refractivity contribution is 0.104. The summed E-state index contributed by atoms with van der Waals surface area (Å²) in [5.41, 5.74) is 2.43. The van der Waals surface area contributed by atoms with E-state index in [1.165, 1.54) is 0 Å². The van der Waals surface area contributed by atoms with Crippen molar-refractivity contribution in [1.82, 2.24) is 0 Å². The summed E-state index contributed by atoms with van der Waals surface area (Å²) < 4.78 is 16.3. The van der Waals surface area contributed by atoms with E-state index < -0.39 is 0 Å². The molecular formula is C23H26O4. The van der Waals surface area contributed by atoms with Crippen LogP contribution in [0.25, 0.3) is 6.08 Å². The van der Waals surface area contributed by atoms with E-state index in [0.29, 0.717) is 30.1 Å². The van der Waals surface area contributed by atoms with Crippen LogP contribution in [-0.2, 0) is 6.42 Å². The normalized spacial score (nSPS) is 10.6. The van der Waals surface area contributed by atoms with Gasteiger partial charge >= 0.3 is 0 Å². The number of rotatable bonds is 10. The molecule has 4 heteroatoms. The summed E-state index contributed by atoms with van der Waals surface area (Å²) in [5, 5.41) is 0. The number of hydrogen-bond acceptors (Lipinski definition) is 4.